The van der Waals surface area contributed by atoms with Crippen LogP contribution >= 0.6 is 0 Å². The first-order valence-electron chi connectivity index (χ1n) is 11.5. The minimum absolute atomic E-state index is 0.122. The van der Waals surface area contributed by atoms with Crippen molar-refractivity contribution in [3.63, 3.8) is 0 Å². The Balaban J connectivity index is 1.18. The van der Waals surface area contributed by atoms with Gasteiger partial charge in [-0.3, -0.25) is 9.59 Å². The fourth-order valence-corrected chi connectivity index (χ4v) is 4.30. The summed E-state index contributed by atoms with van der Waals surface area (Å²) in [7, 11) is 0. The molecule has 1 aliphatic rings. The van der Waals surface area contributed by atoms with Crippen LogP contribution in [0.2, 0.25) is 0 Å². The van der Waals surface area contributed by atoms with Crippen LogP contribution in [0.1, 0.15) is 33.1 Å². The van der Waals surface area contributed by atoms with Crippen molar-refractivity contribution in [2.75, 3.05) is 26.2 Å². The first-order valence-corrected chi connectivity index (χ1v) is 11.5. The number of aromatic amines is 2. The van der Waals surface area contributed by atoms with Gasteiger partial charge in [-0.2, -0.15) is 0 Å². The van der Waals surface area contributed by atoms with Crippen molar-refractivity contribution >= 4 is 33.9 Å². The number of aryl methyl sites for hydroxylation is 3. The number of amides is 2. The fourth-order valence-electron chi connectivity index (χ4n) is 4.30. The summed E-state index contributed by atoms with van der Waals surface area (Å²) in [4.78, 5) is 42.9. The Bertz CT molecular complexity index is 1350. The molecule has 1 unspecified atom stereocenters. The number of nitrogens with one attached hydrogen (secondary N) is 3. The maximum absolute atomic E-state index is 13.0. The predicted molar refractivity (Wildman–Crippen MR) is 129 cm³/mol. The molecule has 2 aromatic heterocycles. The van der Waals surface area contributed by atoms with E-state index >= 15 is 0 Å². The maximum Gasteiger partial charge on any atom is 0.254 e. The second kappa shape index (κ2) is 8.90. The number of carbonyl (C=O) groups excluding carboxylic acids is 2. The molecule has 0 saturated carbocycles. The van der Waals surface area contributed by atoms with E-state index in [1.54, 1.807) is 17.0 Å². The van der Waals surface area contributed by atoms with Gasteiger partial charge in [-0.1, -0.05) is 0 Å². The molecule has 176 valence electrons. The molecule has 9 nitrogen and oxygen atoms in total. The van der Waals surface area contributed by atoms with E-state index < -0.39 is 6.10 Å². The summed E-state index contributed by atoms with van der Waals surface area (Å²) in [6.07, 6.45) is -0.117. The van der Waals surface area contributed by atoms with Gasteiger partial charge in [0.25, 0.3) is 11.8 Å². The van der Waals surface area contributed by atoms with E-state index in [2.05, 4.69) is 51.2 Å². The number of ether oxygens (including phenoxy) is 1. The summed E-state index contributed by atoms with van der Waals surface area (Å²) in [5, 5.41) is 2.92. The Morgan fingerprint density at radius 2 is 1.85 bits per heavy atom. The van der Waals surface area contributed by atoms with E-state index in [0.717, 1.165) is 33.7 Å². The first kappa shape index (κ1) is 22.1. The molecule has 2 aromatic carbocycles. The van der Waals surface area contributed by atoms with E-state index in [0.29, 0.717) is 31.7 Å². The lowest BCUT2D eigenvalue weighted by molar-refractivity contribution is -0.137. The Labute approximate surface area is 196 Å². The highest BCUT2D eigenvalue weighted by Gasteiger charge is 2.29. The van der Waals surface area contributed by atoms with Crippen LogP contribution < -0.4 is 5.32 Å². The summed E-state index contributed by atoms with van der Waals surface area (Å²) in [6, 6.07) is 9.56. The number of fused-ring (bicyclic) bond motifs is 2. The van der Waals surface area contributed by atoms with Crippen LogP contribution in [-0.2, 0) is 16.0 Å². The van der Waals surface area contributed by atoms with E-state index in [1.165, 1.54) is 11.1 Å². The van der Waals surface area contributed by atoms with Gasteiger partial charge in [-0.15, -0.1) is 0 Å². The number of aromatic nitrogens is 4. The molecule has 34 heavy (non-hydrogen) atoms. The van der Waals surface area contributed by atoms with Gasteiger partial charge in [0, 0.05) is 25.1 Å². The van der Waals surface area contributed by atoms with Crippen LogP contribution in [0.5, 0.6) is 0 Å². The normalized spacial score (nSPS) is 16.3. The molecule has 0 spiro atoms. The van der Waals surface area contributed by atoms with Crippen molar-refractivity contribution in [3.8, 4) is 0 Å². The number of hydrogen-bond acceptors (Lipinski definition) is 5. The Hall–Kier alpha value is -3.72. The third-order valence-corrected chi connectivity index (χ3v) is 6.30. The molecule has 1 aliphatic heterocycles. The number of benzene rings is 2. The van der Waals surface area contributed by atoms with Gasteiger partial charge >= 0.3 is 0 Å². The van der Waals surface area contributed by atoms with Gasteiger partial charge in [0.1, 0.15) is 11.6 Å². The van der Waals surface area contributed by atoms with Crippen LogP contribution in [0.3, 0.4) is 0 Å². The number of hydrogen-bond donors (Lipinski definition) is 3. The van der Waals surface area contributed by atoms with Crippen LogP contribution in [0.4, 0.5) is 0 Å². The zero-order valence-electron chi connectivity index (χ0n) is 19.6. The molecular formula is C25H28N6O3. The van der Waals surface area contributed by atoms with Crippen LogP contribution in [0, 0.1) is 20.8 Å². The van der Waals surface area contributed by atoms with Gasteiger partial charge in [0.15, 0.2) is 6.10 Å². The number of morpholine rings is 1. The zero-order valence-corrected chi connectivity index (χ0v) is 19.6. The Kier molecular flexibility index (Phi) is 5.79. The second-order valence-electron chi connectivity index (χ2n) is 8.84. The lowest BCUT2D eigenvalue weighted by Gasteiger charge is -2.32. The van der Waals surface area contributed by atoms with Crippen molar-refractivity contribution in [2.45, 2.75) is 33.3 Å². The number of nitrogens with zero attached hydrogens (tertiary/aromatic N) is 3. The smallest absolute Gasteiger partial charge is 0.254 e. The fraction of sp³-hybridized carbons (Fsp3) is 0.360. The summed E-state index contributed by atoms with van der Waals surface area (Å²) in [5.74, 6) is 1.28. The highest BCUT2D eigenvalue weighted by molar-refractivity contribution is 5.97. The van der Waals surface area contributed by atoms with Crippen molar-refractivity contribution in [3.05, 3.63) is 58.7 Å². The molecular weight excluding hydrogens is 432 g/mol. The third-order valence-electron chi connectivity index (χ3n) is 6.30. The van der Waals surface area contributed by atoms with E-state index in [1.807, 2.05) is 13.0 Å². The number of H-pyrrole nitrogens is 2. The molecule has 3 N–H and O–H groups in total. The van der Waals surface area contributed by atoms with Crippen molar-refractivity contribution in [1.29, 1.82) is 0 Å². The quantitative estimate of drug-likeness (QED) is 0.423. The molecule has 4 aromatic rings. The average molecular weight is 461 g/mol. The minimum atomic E-state index is -0.697. The summed E-state index contributed by atoms with van der Waals surface area (Å²) >= 11 is 0. The first-order chi connectivity index (χ1) is 16.4. The Morgan fingerprint density at radius 1 is 1.06 bits per heavy atom. The lowest BCUT2D eigenvalue weighted by Crippen LogP contribution is -2.51. The monoisotopic (exact) mass is 460 g/mol. The van der Waals surface area contributed by atoms with E-state index in [4.69, 9.17) is 4.74 Å². The molecule has 1 saturated heterocycles. The maximum atomic E-state index is 13.0. The van der Waals surface area contributed by atoms with E-state index in [-0.39, 0.29) is 18.4 Å². The second-order valence-corrected chi connectivity index (χ2v) is 8.84. The lowest BCUT2D eigenvalue weighted by atomic mass is 10.1. The molecule has 0 radical (unpaired) electrons. The average Bonchev–Trinajstić information content (AvgIpc) is 3.39. The van der Waals surface area contributed by atoms with Gasteiger partial charge in [0.05, 0.1) is 35.2 Å². The molecule has 5 rings (SSSR count). The third kappa shape index (κ3) is 4.38. The molecule has 0 aliphatic carbocycles. The highest BCUT2D eigenvalue weighted by Crippen LogP contribution is 2.18. The van der Waals surface area contributed by atoms with E-state index in [9.17, 15) is 9.59 Å². The van der Waals surface area contributed by atoms with Gasteiger partial charge in [-0.25, -0.2) is 9.97 Å². The van der Waals surface area contributed by atoms with Crippen molar-refractivity contribution in [1.82, 2.24) is 30.2 Å². The minimum Gasteiger partial charge on any atom is -0.365 e. The number of rotatable bonds is 5. The predicted octanol–water partition coefficient (Wildman–Crippen LogP) is 2.56. The largest absolute Gasteiger partial charge is 0.365 e. The van der Waals surface area contributed by atoms with Crippen LogP contribution in [0.15, 0.2) is 30.3 Å². The van der Waals surface area contributed by atoms with Crippen molar-refractivity contribution < 1.29 is 14.3 Å². The zero-order chi connectivity index (χ0) is 23.8. The van der Waals surface area contributed by atoms with Crippen molar-refractivity contribution in [2.24, 2.45) is 0 Å². The highest BCUT2D eigenvalue weighted by atomic mass is 16.5. The van der Waals surface area contributed by atoms with Crippen LogP contribution in [-0.4, -0.2) is 69.0 Å². The topological polar surface area (TPSA) is 116 Å². The van der Waals surface area contributed by atoms with Gasteiger partial charge in [-0.05, 0) is 62.2 Å². The number of carbonyl (C=O) groups is 2. The van der Waals surface area contributed by atoms with Gasteiger partial charge < -0.3 is 24.9 Å². The molecule has 2 amide bonds. The number of imidazole rings is 2. The summed E-state index contributed by atoms with van der Waals surface area (Å²) in [6.45, 7) is 7.43. The van der Waals surface area contributed by atoms with Gasteiger partial charge in [0.2, 0.25) is 0 Å². The molecule has 1 fully saturated rings. The standard InChI is InChI=1S/C25H28N6O3/c1-14-10-19-20(11-15(14)2)30-23(29-19)6-7-26-24(32)22-13-31(8-9-34-22)25(33)17-4-5-18-21(12-17)28-16(3)27-18/h4-5,10-12,22H,6-9,13H2,1-3H3,(H,26,32)(H,27,28)(H,29,30). The molecule has 0 bridgehead atoms. The summed E-state index contributed by atoms with van der Waals surface area (Å²) < 4.78 is 5.66. The summed E-state index contributed by atoms with van der Waals surface area (Å²) in [5.41, 5.74) is 6.55. The van der Waals surface area contributed by atoms with Crippen LogP contribution in [0.25, 0.3) is 22.1 Å². The Morgan fingerprint density at radius 3 is 2.71 bits per heavy atom. The molecule has 9 heteroatoms. The molecule has 1 atom stereocenters. The molecule has 3 heterocycles. The SMILES string of the molecule is Cc1nc2ccc(C(=O)N3CCOC(C(=O)NCCc4nc5cc(C)c(C)cc5[nH]4)C3)cc2[nH]1.